The second-order valence-electron chi connectivity index (χ2n) is 4.31. The number of carbonyl (C=O) groups excluding carboxylic acids is 1. The second kappa shape index (κ2) is 7.45. The van der Waals surface area contributed by atoms with Gasteiger partial charge in [-0.2, -0.15) is 0 Å². The molecule has 2 atom stereocenters. The van der Waals surface area contributed by atoms with Crippen molar-refractivity contribution in [3.05, 3.63) is 22.4 Å². The summed E-state index contributed by atoms with van der Waals surface area (Å²) in [5.74, 6) is 0.0695. The number of aliphatic hydroxyl groups is 1. The molecule has 1 amide bonds. The van der Waals surface area contributed by atoms with Crippen molar-refractivity contribution < 1.29 is 9.90 Å². The van der Waals surface area contributed by atoms with Crippen molar-refractivity contribution in [1.82, 2.24) is 5.32 Å². The molecule has 0 spiro atoms. The van der Waals surface area contributed by atoms with E-state index in [1.165, 1.54) is 4.88 Å². The summed E-state index contributed by atoms with van der Waals surface area (Å²) in [7, 11) is 0. The Morgan fingerprint density at radius 2 is 2.35 bits per heavy atom. The van der Waals surface area contributed by atoms with Crippen molar-refractivity contribution in [3.8, 4) is 0 Å². The van der Waals surface area contributed by atoms with Gasteiger partial charge in [0, 0.05) is 23.4 Å². The first kappa shape index (κ1) is 14.2. The van der Waals surface area contributed by atoms with Crippen molar-refractivity contribution in [2.24, 2.45) is 5.92 Å². The van der Waals surface area contributed by atoms with Crippen molar-refractivity contribution in [2.75, 3.05) is 6.61 Å². The zero-order valence-corrected chi connectivity index (χ0v) is 11.3. The standard InChI is InChI=1S/C13H21NO2S/c1-3-11(6-7-15)14-13(16)10(2)9-12-5-4-8-17-12/h4-5,8,10-11,15H,3,6-7,9H2,1-2H3,(H,14,16). The van der Waals surface area contributed by atoms with Crippen LogP contribution in [0.2, 0.25) is 0 Å². The molecule has 0 aliphatic rings. The van der Waals surface area contributed by atoms with E-state index in [-0.39, 0.29) is 24.5 Å². The Morgan fingerprint density at radius 3 is 2.88 bits per heavy atom. The van der Waals surface area contributed by atoms with Crippen LogP contribution in [0.5, 0.6) is 0 Å². The van der Waals surface area contributed by atoms with Crippen LogP contribution in [0.1, 0.15) is 31.6 Å². The van der Waals surface area contributed by atoms with Gasteiger partial charge in [-0.1, -0.05) is 19.9 Å². The van der Waals surface area contributed by atoms with Crippen LogP contribution in [0.3, 0.4) is 0 Å². The molecule has 1 heterocycles. The van der Waals surface area contributed by atoms with Crippen LogP contribution < -0.4 is 5.32 Å². The van der Waals surface area contributed by atoms with Gasteiger partial charge in [0.05, 0.1) is 0 Å². The SMILES string of the molecule is CCC(CCO)NC(=O)C(C)Cc1cccs1. The lowest BCUT2D eigenvalue weighted by Gasteiger charge is -2.18. The first-order valence-corrected chi connectivity index (χ1v) is 6.99. The molecule has 0 aliphatic heterocycles. The fourth-order valence-corrected chi connectivity index (χ4v) is 2.54. The van der Waals surface area contributed by atoms with E-state index >= 15 is 0 Å². The summed E-state index contributed by atoms with van der Waals surface area (Å²) in [6.07, 6.45) is 2.28. The highest BCUT2D eigenvalue weighted by molar-refractivity contribution is 7.09. The van der Waals surface area contributed by atoms with E-state index in [2.05, 4.69) is 11.4 Å². The molecule has 17 heavy (non-hydrogen) atoms. The molecule has 0 bridgehead atoms. The highest BCUT2D eigenvalue weighted by Crippen LogP contribution is 2.14. The first-order valence-electron chi connectivity index (χ1n) is 6.11. The van der Waals surface area contributed by atoms with Gasteiger partial charge in [-0.05, 0) is 30.7 Å². The van der Waals surface area contributed by atoms with Gasteiger partial charge >= 0.3 is 0 Å². The third kappa shape index (κ3) is 4.88. The number of hydrogen-bond acceptors (Lipinski definition) is 3. The van der Waals surface area contributed by atoms with E-state index in [1.807, 2.05) is 25.3 Å². The predicted molar refractivity (Wildman–Crippen MR) is 71.1 cm³/mol. The van der Waals surface area contributed by atoms with Gasteiger partial charge in [-0.25, -0.2) is 0 Å². The van der Waals surface area contributed by atoms with E-state index < -0.39 is 0 Å². The van der Waals surface area contributed by atoms with Gasteiger partial charge in [-0.3, -0.25) is 4.79 Å². The van der Waals surface area contributed by atoms with Crippen LogP contribution in [0.4, 0.5) is 0 Å². The predicted octanol–water partition coefficient (Wildman–Crippen LogP) is 2.20. The Hall–Kier alpha value is -0.870. The Labute approximate surface area is 107 Å². The summed E-state index contributed by atoms with van der Waals surface area (Å²) >= 11 is 1.68. The molecular weight excluding hydrogens is 234 g/mol. The molecule has 2 unspecified atom stereocenters. The monoisotopic (exact) mass is 255 g/mol. The summed E-state index contributed by atoms with van der Waals surface area (Å²) in [4.78, 5) is 13.2. The number of carbonyl (C=O) groups is 1. The highest BCUT2D eigenvalue weighted by Gasteiger charge is 2.17. The van der Waals surface area contributed by atoms with Gasteiger partial charge in [0.2, 0.25) is 5.91 Å². The molecule has 1 aromatic heterocycles. The molecule has 1 rings (SSSR count). The van der Waals surface area contributed by atoms with Crippen molar-refractivity contribution in [2.45, 2.75) is 39.2 Å². The van der Waals surface area contributed by atoms with Crippen molar-refractivity contribution in [1.29, 1.82) is 0 Å². The minimum atomic E-state index is -0.0126. The van der Waals surface area contributed by atoms with Gasteiger partial charge in [0.1, 0.15) is 0 Å². The molecular formula is C13H21NO2S. The quantitative estimate of drug-likeness (QED) is 0.785. The summed E-state index contributed by atoms with van der Waals surface area (Å²) in [6, 6.07) is 4.16. The number of thiophene rings is 1. The molecule has 0 aliphatic carbocycles. The number of nitrogens with one attached hydrogen (secondary N) is 1. The maximum absolute atomic E-state index is 11.9. The molecule has 4 heteroatoms. The summed E-state index contributed by atoms with van der Waals surface area (Å²) < 4.78 is 0. The Kier molecular flexibility index (Phi) is 6.22. The molecule has 0 saturated carbocycles. The van der Waals surface area contributed by atoms with Gasteiger partial charge in [0.25, 0.3) is 0 Å². The maximum Gasteiger partial charge on any atom is 0.223 e. The van der Waals surface area contributed by atoms with E-state index in [0.717, 1.165) is 12.8 Å². The van der Waals surface area contributed by atoms with Crippen LogP contribution in [0.15, 0.2) is 17.5 Å². The first-order chi connectivity index (χ1) is 8.17. The number of hydrogen-bond donors (Lipinski definition) is 2. The second-order valence-corrected chi connectivity index (χ2v) is 5.34. The zero-order valence-electron chi connectivity index (χ0n) is 10.5. The molecule has 0 radical (unpaired) electrons. The summed E-state index contributed by atoms with van der Waals surface area (Å²) in [5.41, 5.74) is 0. The third-order valence-electron chi connectivity index (χ3n) is 2.85. The number of aliphatic hydroxyl groups excluding tert-OH is 1. The minimum Gasteiger partial charge on any atom is -0.396 e. The van der Waals surface area contributed by atoms with E-state index in [9.17, 15) is 4.79 Å². The normalized spacial score (nSPS) is 14.3. The fourth-order valence-electron chi connectivity index (χ4n) is 1.70. The smallest absolute Gasteiger partial charge is 0.223 e. The lowest BCUT2D eigenvalue weighted by Crippen LogP contribution is -2.38. The van der Waals surface area contributed by atoms with Crippen LogP contribution in [-0.4, -0.2) is 23.7 Å². The molecule has 3 nitrogen and oxygen atoms in total. The van der Waals surface area contributed by atoms with E-state index in [1.54, 1.807) is 11.3 Å². The van der Waals surface area contributed by atoms with Crippen LogP contribution in [0.25, 0.3) is 0 Å². The molecule has 0 saturated heterocycles. The zero-order chi connectivity index (χ0) is 12.7. The minimum absolute atomic E-state index is 0.0126. The molecule has 96 valence electrons. The number of rotatable bonds is 7. The topological polar surface area (TPSA) is 49.3 Å². The third-order valence-corrected chi connectivity index (χ3v) is 3.75. The van der Waals surface area contributed by atoms with Crippen LogP contribution >= 0.6 is 11.3 Å². The van der Waals surface area contributed by atoms with Gasteiger partial charge in [0.15, 0.2) is 0 Å². The van der Waals surface area contributed by atoms with Crippen molar-refractivity contribution in [3.63, 3.8) is 0 Å². The average molecular weight is 255 g/mol. The molecule has 1 aromatic rings. The van der Waals surface area contributed by atoms with Crippen molar-refractivity contribution >= 4 is 17.2 Å². The van der Waals surface area contributed by atoms with Gasteiger partial charge < -0.3 is 10.4 Å². The summed E-state index contributed by atoms with van der Waals surface area (Å²) in [6.45, 7) is 4.09. The Bertz CT molecular complexity index is 324. The molecule has 2 N–H and O–H groups in total. The maximum atomic E-state index is 11.9. The average Bonchev–Trinajstić information content (AvgIpc) is 2.81. The van der Waals surface area contributed by atoms with E-state index in [0.29, 0.717) is 6.42 Å². The highest BCUT2D eigenvalue weighted by atomic mass is 32.1. The van der Waals surface area contributed by atoms with Crippen LogP contribution in [0, 0.1) is 5.92 Å². The molecule has 0 fully saturated rings. The van der Waals surface area contributed by atoms with E-state index in [4.69, 9.17) is 5.11 Å². The largest absolute Gasteiger partial charge is 0.396 e. The van der Waals surface area contributed by atoms with Gasteiger partial charge in [-0.15, -0.1) is 11.3 Å². The fraction of sp³-hybridized carbons (Fsp3) is 0.615. The Balaban J connectivity index is 2.40. The summed E-state index contributed by atoms with van der Waals surface area (Å²) in [5, 5.41) is 13.9. The lowest BCUT2D eigenvalue weighted by molar-refractivity contribution is -0.125. The molecule has 0 aromatic carbocycles. The lowest BCUT2D eigenvalue weighted by atomic mass is 10.0. The van der Waals surface area contributed by atoms with Crippen LogP contribution in [-0.2, 0) is 11.2 Å². The number of amides is 1. The Morgan fingerprint density at radius 1 is 1.59 bits per heavy atom.